The average Bonchev–Trinajstić information content (AvgIpc) is 3.15. The standard InChI is InChI=1S/C15H16N4OS2/c1-3-11-6-4-5-7-13(11)16-14-17-18-15(22-14)21-9-12-8-10(2)19-20-12/h4-8H,3,9H2,1-2H3,(H,16,17). The zero-order valence-electron chi connectivity index (χ0n) is 12.4. The maximum Gasteiger partial charge on any atom is 0.210 e. The largest absolute Gasteiger partial charge is 0.360 e. The Morgan fingerprint density at radius 2 is 2.14 bits per heavy atom. The average molecular weight is 332 g/mol. The molecule has 3 aromatic rings. The maximum atomic E-state index is 5.19. The number of anilines is 2. The van der Waals surface area contributed by atoms with E-state index in [9.17, 15) is 0 Å². The number of para-hydroxylation sites is 1. The molecule has 0 saturated carbocycles. The number of hydrogen-bond acceptors (Lipinski definition) is 7. The van der Waals surface area contributed by atoms with Gasteiger partial charge >= 0.3 is 0 Å². The summed E-state index contributed by atoms with van der Waals surface area (Å²) in [7, 11) is 0. The van der Waals surface area contributed by atoms with Crippen LogP contribution in [0.3, 0.4) is 0 Å². The van der Waals surface area contributed by atoms with Crippen LogP contribution in [0.2, 0.25) is 0 Å². The van der Waals surface area contributed by atoms with E-state index >= 15 is 0 Å². The quantitative estimate of drug-likeness (QED) is 0.674. The molecule has 114 valence electrons. The Labute approximate surface area is 137 Å². The first-order chi connectivity index (χ1) is 10.7. The summed E-state index contributed by atoms with van der Waals surface area (Å²) in [5.74, 6) is 1.56. The molecule has 2 heterocycles. The second kappa shape index (κ2) is 6.93. The van der Waals surface area contributed by atoms with Gasteiger partial charge in [-0.1, -0.05) is 53.4 Å². The number of aryl methyl sites for hydroxylation is 2. The smallest absolute Gasteiger partial charge is 0.210 e. The lowest BCUT2D eigenvalue weighted by molar-refractivity contribution is 0.391. The van der Waals surface area contributed by atoms with Gasteiger partial charge in [-0.05, 0) is 25.0 Å². The van der Waals surface area contributed by atoms with Crippen molar-refractivity contribution in [2.24, 2.45) is 0 Å². The second-order valence-corrected chi connectivity index (χ2v) is 6.93. The molecule has 0 saturated heterocycles. The summed E-state index contributed by atoms with van der Waals surface area (Å²) in [6.07, 6.45) is 0.981. The van der Waals surface area contributed by atoms with Gasteiger partial charge in [0, 0.05) is 11.8 Å². The first-order valence-corrected chi connectivity index (χ1v) is 8.78. The maximum absolute atomic E-state index is 5.19. The van der Waals surface area contributed by atoms with Crippen LogP contribution in [0.4, 0.5) is 10.8 Å². The lowest BCUT2D eigenvalue weighted by Gasteiger charge is -2.06. The molecule has 3 rings (SSSR count). The van der Waals surface area contributed by atoms with Crippen LogP contribution in [0.1, 0.15) is 23.9 Å². The van der Waals surface area contributed by atoms with E-state index in [4.69, 9.17) is 4.52 Å². The van der Waals surface area contributed by atoms with E-state index in [1.165, 1.54) is 5.56 Å². The monoisotopic (exact) mass is 332 g/mol. The minimum absolute atomic E-state index is 0.709. The van der Waals surface area contributed by atoms with Gasteiger partial charge < -0.3 is 9.84 Å². The number of aromatic nitrogens is 3. The van der Waals surface area contributed by atoms with Crippen LogP contribution in [-0.2, 0) is 12.2 Å². The van der Waals surface area contributed by atoms with Crippen molar-refractivity contribution in [3.05, 3.63) is 47.3 Å². The molecule has 0 aliphatic heterocycles. The van der Waals surface area contributed by atoms with Crippen LogP contribution in [-0.4, -0.2) is 15.4 Å². The summed E-state index contributed by atoms with van der Waals surface area (Å²) in [4.78, 5) is 0. The third-order valence-electron chi connectivity index (χ3n) is 3.06. The number of nitrogens with zero attached hydrogens (tertiary/aromatic N) is 3. The SMILES string of the molecule is CCc1ccccc1Nc1nnc(SCc2cc(C)no2)s1. The molecule has 7 heteroatoms. The van der Waals surface area contributed by atoms with Gasteiger partial charge in [-0.25, -0.2) is 0 Å². The van der Waals surface area contributed by atoms with E-state index in [0.29, 0.717) is 5.75 Å². The molecule has 0 radical (unpaired) electrons. The highest BCUT2D eigenvalue weighted by atomic mass is 32.2. The Morgan fingerprint density at radius 3 is 2.91 bits per heavy atom. The Kier molecular flexibility index (Phi) is 4.74. The van der Waals surface area contributed by atoms with E-state index < -0.39 is 0 Å². The molecule has 0 aliphatic rings. The van der Waals surface area contributed by atoms with Gasteiger partial charge in [0.15, 0.2) is 4.34 Å². The van der Waals surface area contributed by atoms with Crippen molar-refractivity contribution in [1.29, 1.82) is 0 Å². The second-order valence-electron chi connectivity index (χ2n) is 4.73. The minimum atomic E-state index is 0.709. The molecular weight excluding hydrogens is 316 g/mol. The molecule has 0 spiro atoms. The summed E-state index contributed by atoms with van der Waals surface area (Å²) in [5, 5.41) is 16.4. The topological polar surface area (TPSA) is 63.8 Å². The summed E-state index contributed by atoms with van der Waals surface area (Å²) in [6.45, 7) is 4.05. The fourth-order valence-corrected chi connectivity index (χ4v) is 3.64. The zero-order valence-corrected chi connectivity index (χ0v) is 14.0. The number of thioether (sulfide) groups is 1. The number of hydrogen-bond donors (Lipinski definition) is 1. The van der Waals surface area contributed by atoms with Crippen LogP contribution in [0.5, 0.6) is 0 Å². The number of nitrogens with one attached hydrogen (secondary N) is 1. The third-order valence-corrected chi connectivity index (χ3v) is 5.06. The van der Waals surface area contributed by atoms with Crippen molar-refractivity contribution in [1.82, 2.24) is 15.4 Å². The summed E-state index contributed by atoms with van der Waals surface area (Å²) in [5.41, 5.74) is 3.25. The molecule has 2 aromatic heterocycles. The lowest BCUT2D eigenvalue weighted by atomic mass is 10.1. The highest BCUT2D eigenvalue weighted by Gasteiger charge is 2.09. The van der Waals surface area contributed by atoms with Gasteiger partial charge in [-0.2, -0.15) is 0 Å². The predicted octanol–water partition coefficient (Wildman–Crippen LogP) is 4.43. The molecule has 0 aliphatic carbocycles. The summed E-state index contributed by atoms with van der Waals surface area (Å²) < 4.78 is 6.10. The molecule has 0 fully saturated rings. The molecule has 1 N–H and O–H groups in total. The van der Waals surface area contributed by atoms with E-state index in [1.807, 2.05) is 25.1 Å². The Morgan fingerprint density at radius 1 is 1.27 bits per heavy atom. The van der Waals surface area contributed by atoms with Crippen molar-refractivity contribution in [2.75, 3.05) is 5.32 Å². The van der Waals surface area contributed by atoms with E-state index in [0.717, 1.165) is 33.0 Å². The van der Waals surface area contributed by atoms with E-state index in [1.54, 1.807) is 23.1 Å². The van der Waals surface area contributed by atoms with Crippen LogP contribution in [0.25, 0.3) is 0 Å². The number of rotatable bonds is 6. The molecule has 0 amide bonds. The van der Waals surface area contributed by atoms with Gasteiger partial charge in [0.1, 0.15) is 5.76 Å². The molecule has 22 heavy (non-hydrogen) atoms. The van der Waals surface area contributed by atoms with Crippen molar-refractivity contribution in [3.63, 3.8) is 0 Å². The zero-order chi connectivity index (χ0) is 15.4. The molecular formula is C15H16N4OS2. The van der Waals surface area contributed by atoms with Gasteiger partial charge in [-0.15, -0.1) is 10.2 Å². The molecule has 1 aromatic carbocycles. The first kappa shape index (κ1) is 15.1. The lowest BCUT2D eigenvalue weighted by Crippen LogP contribution is -1.94. The van der Waals surface area contributed by atoms with Crippen LogP contribution in [0, 0.1) is 6.92 Å². The normalized spacial score (nSPS) is 10.8. The third kappa shape index (κ3) is 3.66. The molecule has 0 bridgehead atoms. The van der Waals surface area contributed by atoms with Crippen LogP contribution < -0.4 is 5.32 Å². The van der Waals surface area contributed by atoms with E-state index in [2.05, 4.69) is 39.7 Å². The highest BCUT2D eigenvalue weighted by molar-refractivity contribution is 8.00. The summed E-state index contributed by atoms with van der Waals surface area (Å²) in [6, 6.07) is 10.2. The van der Waals surface area contributed by atoms with Crippen LogP contribution in [0.15, 0.2) is 39.2 Å². The van der Waals surface area contributed by atoms with E-state index in [-0.39, 0.29) is 0 Å². The summed E-state index contributed by atoms with van der Waals surface area (Å²) >= 11 is 3.14. The first-order valence-electron chi connectivity index (χ1n) is 6.98. The highest BCUT2D eigenvalue weighted by Crippen LogP contribution is 2.30. The van der Waals surface area contributed by atoms with Crippen molar-refractivity contribution < 1.29 is 4.52 Å². The van der Waals surface area contributed by atoms with Gasteiger partial charge in [-0.3, -0.25) is 0 Å². The molecule has 5 nitrogen and oxygen atoms in total. The van der Waals surface area contributed by atoms with Gasteiger partial charge in [0.2, 0.25) is 5.13 Å². The van der Waals surface area contributed by atoms with Crippen molar-refractivity contribution in [3.8, 4) is 0 Å². The Hall–Kier alpha value is -1.86. The molecule has 0 unspecified atom stereocenters. The fourth-order valence-electron chi connectivity index (χ4n) is 2.00. The number of benzene rings is 1. The Balaban J connectivity index is 1.63. The predicted molar refractivity (Wildman–Crippen MR) is 89.8 cm³/mol. The van der Waals surface area contributed by atoms with Crippen LogP contribution >= 0.6 is 23.1 Å². The van der Waals surface area contributed by atoms with Crippen molar-refractivity contribution >= 4 is 33.9 Å². The van der Waals surface area contributed by atoms with Gasteiger partial charge in [0.05, 0.1) is 11.4 Å². The molecule has 0 atom stereocenters. The minimum Gasteiger partial charge on any atom is -0.360 e. The van der Waals surface area contributed by atoms with Crippen molar-refractivity contribution in [2.45, 2.75) is 30.4 Å². The van der Waals surface area contributed by atoms with Gasteiger partial charge in [0.25, 0.3) is 0 Å². The Bertz CT molecular complexity index is 753. The fraction of sp³-hybridized carbons (Fsp3) is 0.267.